The molecular formula is C9H14F3NO3. The molecule has 0 aromatic carbocycles. The van der Waals surface area contributed by atoms with E-state index in [2.05, 4.69) is 4.74 Å². The molecule has 1 aliphatic rings. The zero-order valence-electron chi connectivity index (χ0n) is 8.88. The van der Waals surface area contributed by atoms with Crippen molar-refractivity contribution in [1.82, 2.24) is 4.90 Å². The number of likely N-dealkylation sites (tertiary alicyclic amines) is 1. The van der Waals surface area contributed by atoms with Crippen molar-refractivity contribution in [1.29, 1.82) is 0 Å². The second kappa shape index (κ2) is 4.58. The third-order valence-electron chi connectivity index (χ3n) is 2.14. The summed E-state index contributed by atoms with van der Waals surface area (Å²) in [6, 6.07) is 0. The fourth-order valence-electron chi connectivity index (χ4n) is 1.46. The molecule has 0 radical (unpaired) electrons. The Morgan fingerprint density at radius 2 is 2.06 bits per heavy atom. The van der Waals surface area contributed by atoms with Crippen LogP contribution in [0.25, 0.3) is 0 Å². The Morgan fingerprint density at radius 1 is 1.50 bits per heavy atom. The lowest BCUT2D eigenvalue weighted by molar-refractivity contribution is -0.176. The van der Waals surface area contributed by atoms with Gasteiger partial charge in [0, 0.05) is 0 Å². The van der Waals surface area contributed by atoms with Gasteiger partial charge in [-0.3, -0.25) is 4.79 Å². The van der Waals surface area contributed by atoms with Crippen LogP contribution in [0.1, 0.15) is 13.3 Å². The van der Waals surface area contributed by atoms with Gasteiger partial charge in [0.05, 0.1) is 31.7 Å². The molecule has 1 heterocycles. The lowest BCUT2D eigenvalue weighted by Crippen LogP contribution is -2.61. The van der Waals surface area contributed by atoms with E-state index in [0.717, 1.165) is 0 Å². The largest absolute Gasteiger partial charge is 0.411 e. The molecular weight excluding hydrogens is 227 g/mol. The predicted molar refractivity (Wildman–Crippen MR) is 48.7 cm³/mol. The number of carbonyl (C=O) groups is 1. The molecule has 1 fully saturated rings. The Morgan fingerprint density at radius 3 is 2.50 bits per heavy atom. The Hall–Kier alpha value is -0.820. The molecule has 0 spiro atoms. The first kappa shape index (κ1) is 13.2. The van der Waals surface area contributed by atoms with Gasteiger partial charge >= 0.3 is 6.18 Å². The van der Waals surface area contributed by atoms with E-state index >= 15 is 0 Å². The highest BCUT2D eigenvalue weighted by Crippen LogP contribution is 2.20. The maximum Gasteiger partial charge on any atom is 0.411 e. The monoisotopic (exact) mass is 241 g/mol. The summed E-state index contributed by atoms with van der Waals surface area (Å²) in [4.78, 5) is 12.7. The van der Waals surface area contributed by atoms with E-state index in [1.54, 1.807) is 6.92 Å². The van der Waals surface area contributed by atoms with Gasteiger partial charge in [0.15, 0.2) is 0 Å². The number of β-amino-alcohol motifs (C(OH)–C–C–N with tert-alkyl or cyclic N) is 1. The van der Waals surface area contributed by atoms with Gasteiger partial charge < -0.3 is 14.7 Å². The van der Waals surface area contributed by atoms with Gasteiger partial charge in [-0.1, -0.05) is 0 Å². The molecule has 94 valence electrons. The van der Waals surface area contributed by atoms with Crippen LogP contribution in [-0.4, -0.2) is 54.0 Å². The molecule has 0 bridgehead atoms. The van der Waals surface area contributed by atoms with Crippen LogP contribution >= 0.6 is 0 Å². The van der Waals surface area contributed by atoms with Crippen molar-refractivity contribution in [3.63, 3.8) is 0 Å². The number of alkyl halides is 3. The molecule has 0 aromatic rings. The molecule has 1 saturated heterocycles. The van der Waals surface area contributed by atoms with E-state index in [9.17, 15) is 23.1 Å². The topological polar surface area (TPSA) is 49.8 Å². The summed E-state index contributed by atoms with van der Waals surface area (Å²) in [7, 11) is 0. The average molecular weight is 241 g/mol. The van der Waals surface area contributed by atoms with Crippen molar-refractivity contribution < 1.29 is 27.8 Å². The van der Waals surface area contributed by atoms with Gasteiger partial charge in [-0.25, -0.2) is 0 Å². The SMILES string of the molecule is CC1(O)CN(C(=O)CCOCC(F)(F)F)C1. The Balaban J connectivity index is 2.08. The highest BCUT2D eigenvalue weighted by molar-refractivity contribution is 5.77. The standard InChI is InChI=1S/C9H14F3NO3/c1-8(15)4-13(5-8)7(14)2-3-16-6-9(10,11)12/h15H,2-6H2,1H3. The molecule has 1 amide bonds. The number of hydrogen-bond donors (Lipinski definition) is 1. The highest BCUT2D eigenvalue weighted by atomic mass is 19.4. The number of halogens is 3. The summed E-state index contributed by atoms with van der Waals surface area (Å²) >= 11 is 0. The fraction of sp³-hybridized carbons (Fsp3) is 0.889. The first-order chi connectivity index (χ1) is 7.20. The third kappa shape index (κ3) is 4.36. The van der Waals surface area contributed by atoms with Crippen molar-refractivity contribution in [2.24, 2.45) is 0 Å². The third-order valence-corrected chi connectivity index (χ3v) is 2.14. The normalized spacial score (nSPS) is 19.4. The van der Waals surface area contributed by atoms with Crippen LogP contribution < -0.4 is 0 Å². The van der Waals surface area contributed by atoms with E-state index in [0.29, 0.717) is 0 Å². The van der Waals surface area contributed by atoms with E-state index in [-0.39, 0.29) is 32.0 Å². The molecule has 0 unspecified atom stereocenters. The molecule has 0 aromatic heterocycles. The molecule has 1 N–H and O–H groups in total. The lowest BCUT2D eigenvalue weighted by atomic mass is 9.97. The van der Waals surface area contributed by atoms with Crippen molar-refractivity contribution in [2.75, 3.05) is 26.3 Å². The van der Waals surface area contributed by atoms with Crippen LogP contribution in [0.2, 0.25) is 0 Å². The van der Waals surface area contributed by atoms with Crippen LogP contribution in [0.15, 0.2) is 0 Å². The molecule has 0 atom stereocenters. The van der Waals surface area contributed by atoms with E-state index < -0.39 is 18.4 Å². The highest BCUT2D eigenvalue weighted by Gasteiger charge is 2.39. The van der Waals surface area contributed by atoms with Gasteiger partial charge in [0.1, 0.15) is 6.61 Å². The minimum absolute atomic E-state index is 0.0911. The Bertz CT molecular complexity index is 257. The number of carbonyl (C=O) groups excluding carboxylic acids is 1. The zero-order valence-corrected chi connectivity index (χ0v) is 8.88. The number of nitrogens with zero attached hydrogens (tertiary/aromatic N) is 1. The molecule has 1 aliphatic heterocycles. The maximum atomic E-state index is 11.7. The summed E-state index contributed by atoms with van der Waals surface area (Å²) < 4.78 is 39.3. The first-order valence-electron chi connectivity index (χ1n) is 4.84. The van der Waals surface area contributed by atoms with Crippen LogP contribution in [0.4, 0.5) is 13.2 Å². The number of ether oxygens (including phenoxy) is 1. The number of hydrogen-bond acceptors (Lipinski definition) is 3. The van der Waals surface area contributed by atoms with Crippen LogP contribution in [0, 0.1) is 0 Å². The lowest BCUT2D eigenvalue weighted by Gasteiger charge is -2.44. The number of aliphatic hydroxyl groups is 1. The first-order valence-corrected chi connectivity index (χ1v) is 4.84. The minimum atomic E-state index is -4.36. The van der Waals surface area contributed by atoms with E-state index in [1.807, 2.05) is 0 Å². The molecule has 4 nitrogen and oxygen atoms in total. The van der Waals surface area contributed by atoms with Crippen LogP contribution in [-0.2, 0) is 9.53 Å². The van der Waals surface area contributed by atoms with E-state index in [4.69, 9.17) is 0 Å². The smallest absolute Gasteiger partial charge is 0.386 e. The van der Waals surface area contributed by atoms with Crippen LogP contribution in [0.3, 0.4) is 0 Å². The Kier molecular flexibility index (Phi) is 3.80. The van der Waals surface area contributed by atoms with Gasteiger partial charge in [-0.2, -0.15) is 13.2 Å². The molecule has 0 aliphatic carbocycles. The minimum Gasteiger partial charge on any atom is -0.386 e. The van der Waals surface area contributed by atoms with Crippen molar-refractivity contribution in [2.45, 2.75) is 25.1 Å². The van der Waals surface area contributed by atoms with Gasteiger partial charge in [0.25, 0.3) is 0 Å². The summed E-state index contributed by atoms with van der Waals surface area (Å²) in [6.07, 6.45) is -4.45. The summed E-state index contributed by atoms with van der Waals surface area (Å²) in [6.45, 7) is 0.460. The molecule has 1 rings (SSSR count). The van der Waals surface area contributed by atoms with Gasteiger partial charge in [-0.15, -0.1) is 0 Å². The molecule has 7 heteroatoms. The van der Waals surface area contributed by atoms with Gasteiger partial charge in [-0.05, 0) is 6.92 Å². The van der Waals surface area contributed by atoms with Crippen molar-refractivity contribution in [3.05, 3.63) is 0 Å². The predicted octanol–water partition coefficient (Wildman–Crippen LogP) is 0.549. The second-order valence-electron chi connectivity index (χ2n) is 4.16. The summed E-state index contributed by atoms with van der Waals surface area (Å²) in [5.41, 5.74) is -0.859. The van der Waals surface area contributed by atoms with Crippen molar-refractivity contribution >= 4 is 5.91 Å². The van der Waals surface area contributed by atoms with Crippen molar-refractivity contribution in [3.8, 4) is 0 Å². The quantitative estimate of drug-likeness (QED) is 0.731. The van der Waals surface area contributed by atoms with E-state index in [1.165, 1.54) is 4.90 Å². The molecule has 16 heavy (non-hydrogen) atoms. The summed E-state index contributed by atoms with van der Waals surface area (Å²) in [5.74, 6) is -0.298. The second-order valence-corrected chi connectivity index (χ2v) is 4.16. The molecule has 0 saturated carbocycles. The Labute approximate surface area is 91.0 Å². The maximum absolute atomic E-state index is 11.7. The average Bonchev–Trinajstić information content (AvgIpc) is 2.06. The van der Waals surface area contributed by atoms with Gasteiger partial charge in [0.2, 0.25) is 5.91 Å². The zero-order chi connectivity index (χ0) is 12.4. The fourth-order valence-corrected chi connectivity index (χ4v) is 1.46. The summed E-state index contributed by atoms with van der Waals surface area (Å²) in [5, 5.41) is 9.34. The van der Waals surface area contributed by atoms with Crippen LogP contribution in [0.5, 0.6) is 0 Å². The number of amides is 1. The number of rotatable bonds is 4.